The number of allylic oxidation sites excluding steroid dienone is 6. The molecule has 0 unspecified atom stereocenters. The minimum Gasteiger partial charge on any atom is -0.293 e. The molecule has 4 heteroatoms. The Labute approximate surface area is 108 Å². The van der Waals surface area contributed by atoms with Crippen molar-refractivity contribution < 1.29 is 18.0 Å². The van der Waals surface area contributed by atoms with Gasteiger partial charge in [-0.1, -0.05) is 48.6 Å². The summed E-state index contributed by atoms with van der Waals surface area (Å²) in [6, 6.07) is 4.28. The largest absolute Gasteiger partial charge is 0.416 e. The van der Waals surface area contributed by atoms with Crippen molar-refractivity contribution in [1.82, 2.24) is 0 Å². The van der Waals surface area contributed by atoms with Crippen molar-refractivity contribution >= 4 is 5.78 Å². The van der Waals surface area contributed by atoms with E-state index >= 15 is 0 Å². The standard InChI is InChI=1S/C15H11F3O/c16-15(17,18)13-9-7-12(8-10-13)14(19)11-5-3-1-2-4-6-11/h1-11H. The fourth-order valence-corrected chi connectivity index (χ4v) is 1.75. The van der Waals surface area contributed by atoms with Gasteiger partial charge < -0.3 is 0 Å². The van der Waals surface area contributed by atoms with E-state index in [4.69, 9.17) is 0 Å². The third kappa shape index (κ3) is 3.22. The molecule has 0 bridgehead atoms. The van der Waals surface area contributed by atoms with Gasteiger partial charge in [-0.3, -0.25) is 4.79 Å². The molecule has 0 spiro atoms. The highest BCUT2D eigenvalue weighted by molar-refractivity contribution is 6.00. The summed E-state index contributed by atoms with van der Waals surface area (Å²) in [5.41, 5.74) is -0.480. The van der Waals surface area contributed by atoms with Crippen molar-refractivity contribution in [3.05, 3.63) is 71.8 Å². The average Bonchev–Trinajstić information content (AvgIpc) is 2.66. The molecule has 0 aliphatic heterocycles. The summed E-state index contributed by atoms with van der Waals surface area (Å²) >= 11 is 0. The predicted octanol–water partition coefficient (Wildman–Crippen LogP) is 4.19. The van der Waals surface area contributed by atoms with E-state index in [0.717, 1.165) is 12.1 Å². The SMILES string of the molecule is O=C(c1ccc(C(F)(F)F)cc1)C1C=CC=CC=C1. The van der Waals surface area contributed by atoms with Gasteiger partial charge in [0.05, 0.1) is 11.5 Å². The van der Waals surface area contributed by atoms with Crippen LogP contribution in [0.1, 0.15) is 15.9 Å². The van der Waals surface area contributed by atoms with Crippen molar-refractivity contribution in [3.8, 4) is 0 Å². The van der Waals surface area contributed by atoms with Gasteiger partial charge in [0.1, 0.15) is 0 Å². The van der Waals surface area contributed by atoms with Crippen molar-refractivity contribution in [2.24, 2.45) is 5.92 Å². The number of rotatable bonds is 2. The Hall–Kier alpha value is -2.10. The fourth-order valence-electron chi connectivity index (χ4n) is 1.75. The van der Waals surface area contributed by atoms with Crippen LogP contribution in [0.4, 0.5) is 13.2 Å². The zero-order valence-corrected chi connectivity index (χ0v) is 9.89. The summed E-state index contributed by atoms with van der Waals surface area (Å²) in [4.78, 5) is 12.1. The fraction of sp³-hybridized carbons (Fsp3) is 0.133. The minimum absolute atomic E-state index is 0.218. The third-order valence-electron chi connectivity index (χ3n) is 2.77. The Balaban J connectivity index is 2.21. The van der Waals surface area contributed by atoms with Crippen LogP contribution in [0.3, 0.4) is 0 Å². The molecule has 2 rings (SSSR count). The Morgan fingerprint density at radius 1 is 0.895 bits per heavy atom. The topological polar surface area (TPSA) is 17.1 Å². The number of hydrogen-bond donors (Lipinski definition) is 0. The van der Waals surface area contributed by atoms with Crippen molar-refractivity contribution in [3.63, 3.8) is 0 Å². The molecule has 1 nitrogen and oxygen atoms in total. The second kappa shape index (κ2) is 5.26. The number of ketones is 1. The Morgan fingerprint density at radius 2 is 1.42 bits per heavy atom. The number of alkyl halides is 3. The summed E-state index contributed by atoms with van der Waals surface area (Å²) in [7, 11) is 0. The van der Waals surface area contributed by atoms with E-state index < -0.39 is 17.7 Å². The number of carbonyl (C=O) groups is 1. The summed E-state index contributed by atoms with van der Waals surface area (Å²) in [6.07, 6.45) is 6.10. The maximum Gasteiger partial charge on any atom is 0.416 e. The van der Waals surface area contributed by atoms with Gasteiger partial charge in [-0.15, -0.1) is 0 Å². The molecule has 98 valence electrons. The van der Waals surface area contributed by atoms with E-state index in [9.17, 15) is 18.0 Å². The first-order chi connectivity index (χ1) is 8.98. The lowest BCUT2D eigenvalue weighted by atomic mass is 9.96. The van der Waals surface area contributed by atoms with E-state index in [2.05, 4.69) is 0 Å². The molecule has 0 aromatic heterocycles. The highest BCUT2D eigenvalue weighted by atomic mass is 19.4. The summed E-state index contributed by atoms with van der Waals surface area (Å²) in [5, 5.41) is 0. The number of halogens is 3. The van der Waals surface area contributed by atoms with E-state index in [0.29, 0.717) is 0 Å². The van der Waals surface area contributed by atoms with Crippen LogP contribution in [0.5, 0.6) is 0 Å². The lowest BCUT2D eigenvalue weighted by Crippen LogP contribution is -2.11. The maximum atomic E-state index is 12.4. The summed E-state index contributed by atoms with van der Waals surface area (Å²) in [6.45, 7) is 0. The molecular weight excluding hydrogens is 253 g/mol. The molecular formula is C15H11F3O. The lowest BCUT2D eigenvalue weighted by Gasteiger charge is -2.09. The Kier molecular flexibility index (Phi) is 3.69. The van der Waals surface area contributed by atoms with Crippen molar-refractivity contribution in [2.75, 3.05) is 0 Å². The van der Waals surface area contributed by atoms with Gasteiger partial charge in [-0.2, -0.15) is 13.2 Å². The maximum absolute atomic E-state index is 12.4. The zero-order valence-electron chi connectivity index (χ0n) is 9.89. The van der Waals surface area contributed by atoms with Crippen molar-refractivity contribution in [2.45, 2.75) is 6.18 Å². The predicted molar refractivity (Wildman–Crippen MR) is 66.7 cm³/mol. The van der Waals surface area contributed by atoms with Crippen LogP contribution in [-0.2, 0) is 6.18 Å². The highest BCUT2D eigenvalue weighted by Gasteiger charge is 2.30. The van der Waals surface area contributed by atoms with Gasteiger partial charge in [0.15, 0.2) is 5.78 Å². The van der Waals surface area contributed by atoms with E-state index in [-0.39, 0.29) is 11.3 Å². The van der Waals surface area contributed by atoms with E-state index in [1.165, 1.54) is 12.1 Å². The molecule has 0 atom stereocenters. The van der Waals surface area contributed by atoms with Gasteiger partial charge in [0.2, 0.25) is 0 Å². The van der Waals surface area contributed by atoms with Crippen LogP contribution >= 0.6 is 0 Å². The van der Waals surface area contributed by atoms with Gasteiger partial charge in [0.25, 0.3) is 0 Å². The zero-order chi connectivity index (χ0) is 13.9. The second-order valence-electron chi connectivity index (χ2n) is 4.12. The smallest absolute Gasteiger partial charge is 0.293 e. The second-order valence-corrected chi connectivity index (χ2v) is 4.12. The molecule has 19 heavy (non-hydrogen) atoms. The normalized spacial score (nSPS) is 15.5. The minimum atomic E-state index is -4.38. The molecule has 0 saturated heterocycles. The van der Waals surface area contributed by atoms with Crippen LogP contribution in [0.2, 0.25) is 0 Å². The van der Waals surface area contributed by atoms with Crippen LogP contribution in [0, 0.1) is 5.92 Å². The first-order valence-corrected chi connectivity index (χ1v) is 5.71. The molecule has 1 aromatic rings. The van der Waals surface area contributed by atoms with Gasteiger partial charge in [-0.05, 0) is 12.1 Å². The van der Waals surface area contributed by atoms with Gasteiger partial charge in [-0.25, -0.2) is 0 Å². The third-order valence-corrected chi connectivity index (χ3v) is 2.77. The quantitative estimate of drug-likeness (QED) is 0.732. The monoisotopic (exact) mass is 264 g/mol. The molecule has 0 amide bonds. The summed E-state index contributed by atoms with van der Waals surface area (Å²) in [5.74, 6) is -0.656. The van der Waals surface area contributed by atoms with Crippen LogP contribution in [-0.4, -0.2) is 5.78 Å². The number of benzene rings is 1. The molecule has 1 aliphatic rings. The number of Topliss-reactive ketones (excluding diaryl/α,β-unsaturated/α-hetero) is 1. The lowest BCUT2D eigenvalue weighted by molar-refractivity contribution is -0.137. The van der Waals surface area contributed by atoms with E-state index in [1.807, 2.05) is 0 Å². The van der Waals surface area contributed by atoms with E-state index in [1.54, 1.807) is 36.5 Å². The molecule has 1 aromatic carbocycles. The molecule has 1 aliphatic carbocycles. The number of hydrogen-bond acceptors (Lipinski definition) is 1. The molecule has 0 N–H and O–H groups in total. The summed E-state index contributed by atoms with van der Waals surface area (Å²) < 4.78 is 37.2. The Bertz CT molecular complexity index is 532. The first-order valence-electron chi connectivity index (χ1n) is 5.71. The molecule has 0 heterocycles. The number of carbonyl (C=O) groups excluding carboxylic acids is 1. The molecule has 0 saturated carbocycles. The van der Waals surface area contributed by atoms with Crippen LogP contribution in [0.15, 0.2) is 60.7 Å². The van der Waals surface area contributed by atoms with Gasteiger partial charge in [0, 0.05) is 5.56 Å². The molecule has 0 radical (unpaired) electrons. The molecule has 0 fully saturated rings. The first kappa shape index (κ1) is 13.3. The van der Waals surface area contributed by atoms with Crippen LogP contribution in [0.25, 0.3) is 0 Å². The van der Waals surface area contributed by atoms with Gasteiger partial charge >= 0.3 is 6.18 Å². The van der Waals surface area contributed by atoms with Crippen molar-refractivity contribution in [1.29, 1.82) is 0 Å². The Morgan fingerprint density at radius 3 is 1.89 bits per heavy atom. The highest BCUT2D eigenvalue weighted by Crippen LogP contribution is 2.29. The van der Waals surface area contributed by atoms with Crippen LogP contribution < -0.4 is 0 Å². The average molecular weight is 264 g/mol.